The first-order valence-electron chi connectivity index (χ1n) is 6.11. The molecule has 0 aliphatic carbocycles. The summed E-state index contributed by atoms with van der Waals surface area (Å²) >= 11 is 3.19. The molecule has 6 heteroatoms. The molecular formula is C15H13BrFNO3. The molecule has 1 amide bonds. The van der Waals surface area contributed by atoms with Crippen molar-refractivity contribution >= 4 is 22.0 Å². The summed E-state index contributed by atoms with van der Waals surface area (Å²) in [4.78, 5) is 10.7. The lowest BCUT2D eigenvalue weighted by Crippen LogP contribution is -2.16. The van der Waals surface area contributed by atoms with E-state index in [0.717, 1.165) is 5.56 Å². The minimum Gasteiger partial charge on any atom is -0.489 e. The Labute approximate surface area is 129 Å². The second-order valence-corrected chi connectivity index (χ2v) is 5.15. The first-order chi connectivity index (χ1) is 9.97. The summed E-state index contributed by atoms with van der Waals surface area (Å²) < 4.78 is 24.7. The lowest BCUT2D eigenvalue weighted by atomic mass is 10.1. The standard InChI is InChI=1S/C15H13BrFNO3/c1-9-5-6-10(14(17)13(9)16)8-20-11-3-2-4-12(7-11)21-15(18)19/h2-7H,8H2,1H3,(H2,18,19). The van der Waals surface area contributed by atoms with Gasteiger partial charge in [-0.2, -0.15) is 0 Å². The van der Waals surface area contributed by atoms with Gasteiger partial charge in [0.2, 0.25) is 0 Å². The maximum Gasteiger partial charge on any atom is 0.409 e. The van der Waals surface area contributed by atoms with E-state index in [1.54, 1.807) is 30.3 Å². The zero-order chi connectivity index (χ0) is 15.4. The van der Waals surface area contributed by atoms with Crippen LogP contribution in [-0.4, -0.2) is 6.09 Å². The van der Waals surface area contributed by atoms with Crippen LogP contribution in [0.25, 0.3) is 0 Å². The molecule has 2 aromatic carbocycles. The summed E-state index contributed by atoms with van der Waals surface area (Å²) in [5, 5.41) is 0. The maximum atomic E-state index is 14.0. The number of hydrogen-bond acceptors (Lipinski definition) is 3. The van der Waals surface area contributed by atoms with Crippen LogP contribution < -0.4 is 15.2 Å². The number of nitrogens with two attached hydrogens (primary N) is 1. The molecule has 0 aromatic heterocycles. The van der Waals surface area contributed by atoms with Crippen molar-refractivity contribution in [2.24, 2.45) is 5.73 Å². The third-order valence-electron chi connectivity index (χ3n) is 2.77. The number of rotatable bonds is 4. The van der Waals surface area contributed by atoms with Crippen LogP contribution in [0.3, 0.4) is 0 Å². The number of amides is 1. The van der Waals surface area contributed by atoms with Crippen LogP contribution in [0.2, 0.25) is 0 Å². The topological polar surface area (TPSA) is 61.6 Å². The van der Waals surface area contributed by atoms with E-state index in [0.29, 0.717) is 15.8 Å². The highest BCUT2D eigenvalue weighted by Gasteiger charge is 2.10. The first kappa shape index (κ1) is 15.3. The fraction of sp³-hybridized carbons (Fsp3) is 0.133. The molecule has 21 heavy (non-hydrogen) atoms. The van der Waals surface area contributed by atoms with Crippen molar-refractivity contribution in [3.63, 3.8) is 0 Å². The first-order valence-corrected chi connectivity index (χ1v) is 6.90. The van der Waals surface area contributed by atoms with Crippen LogP contribution in [-0.2, 0) is 6.61 Å². The van der Waals surface area contributed by atoms with Crippen LogP contribution in [0.5, 0.6) is 11.5 Å². The van der Waals surface area contributed by atoms with E-state index in [-0.39, 0.29) is 18.2 Å². The molecule has 2 rings (SSSR count). The Hall–Kier alpha value is -2.08. The highest BCUT2D eigenvalue weighted by molar-refractivity contribution is 9.10. The number of primary amides is 1. The van der Waals surface area contributed by atoms with E-state index in [1.165, 1.54) is 6.07 Å². The summed E-state index contributed by atoms with van der Waals surface area (Å²) in [7, 11) is 0. The molecule has 0 aliphatic rings. The molecule has 0 saturated carbocycles. The van der Waals surface area contributed by atoms with Gasteiger partial charge in [-0.05, 0) is 40.5 Å². The van der Waals surface area contributed by atoms with Gasteiger partial charge in [-0.15, -0.1) is 0 Å². The van der Waals surface area contributed by atoms with Crippen molar-refractivity contribution in [2.45, 2.75) is 13.5 Å². The third-order valence-corrected chi connectivity index (χ3v) is 3.75. The van der Waals surface area contributed by atoms with Crippen molar-refractivity contribution in [2.75, 3.05) is 0 Å². The largest absolute Gasteiger partial charge is 0.489 e. The smallest absolute Gasteiger partial charge is 0.409 e. The molecule has 2 aromatic rings. The van der Waals surface area contributed by atoms with Gasteiger partial charge in [0.1, 0.15) is 23.9 Å². The number of carbonyl (C=O) groups is 1. The number of hydrogen-bond donors (Lipinski definition) is 1. The normalized spacial score (nSPS) is 10.2. The van der Waals surface area contributed by atoms with Crippen molar-refractivity contribution in [3.05, 3.63) is 57.8 Å². The lowest BCUT2D eigenvalue weighted by Gasteiger charge is -2.10. The summed E-state index contributed by atoms with van der Waals surface area (Å²) in [6, 6.07) is 9.87. The Kier molecular flexibility index (Phi) is 4.80. The highest BCUT2D eigenvalue weighted by Crippen LogP contribution is 2.25. The van der Waals surface area contributed by atoms with Gasteiger partial charge in [-0.3, -0.25) is 0 Å². The second-order valence-electron chi connectivity index (χ2n) is 4.35. The van der Waals surface area contributed by atoms with Gasteiger partial charge in [0.25, 0.3) is 0 Å². The molecule has 0 atom stereocenters. The fourth-order valence-electron chi connectivity index (χ4n) is 1.70. The Balaban J connectivity index is 2.10. The van der Waals surface area contributed by atoms with E-state index >= 15 is 0 Å². The van der Waals surface area contributed by atoms with E-state index in [9.17, 15) is 9.18 Å². The fourth-order valence-corrected chi connectivity index (χ4v) is 2.09. The average molecular weight is 354 g/mol. The van der Waals surface area contributed by atoms with Gasteiger partial charge >= 0.3 is 6.09 Å². The van der Waals surface area contributed by atoms with E-state index < -0.39 is 6.09 Å². The summed E-state index contributed by atoms with van der Waals surface area (Å²) in [5.74, 6) is 0.370. The van der Waals surface area contributed by atoms with E-state index in [4.69, 9.17) is 15.2 Å². The lowest BCUT2D eigenvalue weighted by molar-refractivity contribution is 0.210. The van der Waals surface area contributed by atoms with Crippen molar-refractivity contribution in [3.8, 4) is 11.5 Å². The van der Waals surface area contributed by atoms with Gasteiger partial charge in [-0.25, -0.2) is 9.18 Å². The Morgan fingerprint density at radius 3 is 2.71 bits per heavy atom. The number of benzene rings is 2. The Bertz CT molecular complexity index is 676. The SMILES string of the molecule is Cc1ccc(COc2cccc(OC(N)=O)c2)c(F)c1Br. The number of aryl methyl sites for hydroxylation is 1. The van der Waals surface area contributed by atoms with Gasteiger partial charge in [0.05, 0.1) is 4.47 Å². The van der Waals surface area contributed by atoms with Crippen molar-refractivity contribution in [1.82, 2.24) is 0 Å². The number of carbonyl (C=O) groups excluding carboxylic acids is 1. The number of ether oxygens (including phenoxy) is 2. The van der Waals surface area contributed by atoms with Crippen molar-refractivity contribution < 1.29 is 18.7 Å². The molecule has 110 valence electrons. The summed E-state index contributed by atoms with van der Waals surface area (Å²) in [6.45, 7) is 1.87. The maximum absolute atomic E-state index is 14.0. The molecule has 0 spiro atoms. The molecule has 0 fully saturated rings. The Morgan fingerprint density at radius 2 is 2.00 bits per heavy atom. The van der Waals surface area contributed by atoms with Crippen LogP contribution >= 0.6 is 15.9 Å². The van der Waals surface area contributed by atoms with Crippen molar-refractivity contribution in [1.29, 1.82) is 0 Å². The molecular weight excluding hydrogens is 341 g/mol. The minimum absolute atomic E-state index is 0.0603. The van der Waals surface area contributed by atoms with Crippen LogP contribution in [0.4, 0.5) is 9.18 Å². The summed E-state index contributed by atoms with van der Waals surface area (Å²) in [6.07, 6.45) is -0.902. The molecule has 0 saturated heterocycles. The molecule has 0 heterocycles. The third kappa shape index (κ3) is 3.95. The van der Waals surface area contributed by atoms with Crippen LogP contribution in [0.15, 0.2) is 40.9 Å². The molecule has 4 nitrogen and oxygen atoms in total. The minimum atomic E-state index is -0.902. The summed E-state index contributed by atoms with van der Waals surface area (Å²) in [5.41, 5.74) is 6.17. The van der Waals surface area contributed by atoms with Gasteiger partial charge in [0.15, 0.2) is 0 Å². The zero-order valence-corrected chi connectivity index (χ0v) is 12.8. The van der Waals surface area contributed by atoms with E-state index in [1.807, 2.05) is 6.92 Å². The molecule has 0 aliphatic heterocycles. The quantitative estimate of drug-likeness (QED) is 0.905. The van der Waals surface area contributed by atoms with Crippen LogP contribution in [0, 0.1) is 12.7 Å². The molecule has 0 unspecified atom stereocenters. The number of halogens is 2. The average Bonchev–Trinajstić information content (AvgIpc) is 2.44. The van der Waals surface area contributed by atoms with Gasteiger partial charge in [-0.1, -0.05) is 18.2 Å². The predicted octanol–water partition coefficient (Wildman–Crippen LogP) is 3.93. The molecule has 2 N–H and O–H groups in total. The monoisotopic (exact) mass is 353 g/mol. The zero-order valence-electron chi connectivity index (χ0n) is 11.2. The van der Waals surface area contributed by atoms with E-state index in [2.05, 4.69) is 15.9 Å². The Morgan fingerprint density at radius 1 is 1.29 bits per heavy atom. The highest BCUT2D eigenvalue weighted by atomic mass is 79.9. The van der Waals surface area contributed by atoms with Gasteiger partial charge in [0, 0.05) is 11.6 Å². The second kappa shape index (κ2) is 6.58. The predicted molar refractivity (Wildman–Crippen MR) is 79.8 cm³/mol. The molecule has 0 bridgehead atoms. The van der Waals surface area contributed by atoms with Gasteiger partial charge < -0.3 is 15.2 Å². The van der Waals surface area contributed by atoms with Crippen LogP contribution in [0.1, 0.15) is 11.1 Å². The molecule has 0 radical (unpaired) electrons.